The zero-order chi connectivity index (χ0) is 22.2. The van der Waals surface area contributed by atoms with Gasteiger partial charge in [0, 0.05) is 29.8 Å². The summed E-state index contributed by atoms with van der Waals surface area (Å²) in [6.45, 7) is 2.10. The molecule has 1 N–H and O–H groups in total. The fourth-order valence-electron chi connectivity index (χ4n) is 4.96. The second-order valence-corrected chi connectivity index (χ2v) is 9.22. The first-order valence-corrected chi connectivity index (χ1v) is 11.4. The fourth-order valence-corrected chi connectivity index (χ4v) is 5.11. The standard InChI is InChI=1S/C25H24ClF2N3O/c1-14(30-25-31-23-13-21(28)20(26)12-24(23)32-25)10-15-2-4-16(5-3-15)18-8-9-29-22-7-6-17(27)11-19(18)22/h6-9,11-16H,2-5,10H2,1H3,(H,30,31)/t14-,15?,16?/m1/s1. The molecule has 7 heteroatoms. The SMILES string of the molecule is C[C@H](CC1CCC(c2ccnc3ccc(F)cc23)CC1)Nc1nc2cc(F)c(Cl)cc2o1. The van der Waals surface area contributed by atoms with Crippen molar-refractivity contribution in [2.45, 2.75) is 51.0 Å². The highest BCUT2D eigenvalue weighted by atomic mass is 35.5. The van der Waals surface area contributed by atoms with Crippen LogP contribution in [0.1, 0.15) is 50.5 Å². The van der Waals surface area contributed by atoms with Crippen molar-refractivity contribution in [3.05, 3.63) is 64.8 Å². The van der Waals surface area contributed by atoms with Gasteiger partial charge in [-0.15, -0.1) is 0 Å². The second kappa shape index (κ2) is 8.66. The van der Waals surface area contributed by atoms with Crippen molar-refractivity contribution in [3.8, 4) is 0 Å². The highest BCUT2D eigenvalue weighted by molar-refractivity contribution is 6.31. The fraction of sp³-hybridized carbons (Fsp3) is 0.360. The van der Waals surface area contributed by atoms with Crippen LogP contribution in [0.25, 0.3) is 22.0 Å². The summed E-state index contributed by atoms with van der Waals surface area (Å²) in [5.74, 6) is 0.298. The Labute approximate surface area is 190 Å². The van der Waals surface area contributed by atoms with Crippen LogP contribution in [0.4, 0.5) is 14.8 Å². The maximum Gasteiger partial charge on any atom is 0.295 e. The van der Waals surface area contributed by atoms with Gasteiger partial charge in [0.05, 0.1) is 10.5 Å². The number of halogens is 3. The average molecular weight is 456 g/mol. The molecule has 1 atom stereocenters. The van der Waals surface area contributed by atoms with E-state index in [0.717, 1.165) is 43.0 Å². The molecule has 32 heavy (non-hydrogen) atoms. The molecule has 2 aromatic heterocycles. The number of benzene rings is 2. The van der Waals surface area contributed by atoms with Gasteiger partial charge in [0.1, 0.15) is 17.2 Å². The molecule has 0 radical (unpaired) electrons. The lowest BCUT2D eigenvalue weighted by molar-refractivity contribution is 0.301. The number of oxazole rings is 1. The number of fused-ring (bicyclic) bond motifs is 2. The summed E-state index contributed by atoms with van der Waals surface area (Å²) in [6.07, 6.45) is 7.20. The number of rotatable bonds is 5. The maximum atomic E-state index is 13.8. The molecule has 0 spiro atoms. The molecule has 4 aromatic rings. The van der Waals surface area contributed by atoms with E-state index < -0.39 is 5.82 Å². The Morgan fingerprint density at radius 1 is 1.09 bits per heavy atom. The molecule has 0 saturated heterocycles. The largest absolute Gasteiger partial charge is 0.423 e. The third-order valence-electron chi connectivity index (χ3n) is 6.51. The molecule has 0 aliphatic heterocycles. The molecule has 2 aromatic carbocycles. The topological polar surface area (TPSA) is 51.0 Å². The van der Waals surface area contributed by atoms with E-state index in [1.54, 1.807) is 12.1 Å². The van der Waals surface area contributed by atoms with E-state index in [1.165, 1.54) is 23.8 Å². The minimum absolute atomic E-state index is 0.0229. The zero-order valence-electron chi connectivity index (χ0n) is 17.7. The van der Waals surface area contributed by atoms with Crippen molar-refractivity contribution in [2.24, 2.45) is 5.92 Å². The van der Waals surface area contributed by atoms with Gasteiger partial charge < -0.3 is 9.73 Å². The van der Waals surface area contributed by atoms with Gasteiger partial charge in [-0.3, -0.25) is 4.98 Å². The van der Waals surface area contributed by atoms with Crippen molar-refractivity contribution >= 4 is 39.6 Å². The van der Waals surface area contributed by atoms with Crippen molar-refractivity contribution in [1.29, 1.82) is 0 Å². The molecule has 166 valence electrons. The lowest BCUT2D eigenvalue weighted by atomic mass is 9.76. The molecule has 1 aliphatic rings. The summed E-state index contributed by atoms with van der Waals surface area (Å²) in [7, 11) is 0. The van der Waals surface area contributed by atoms with Crippen LogP contribution in [0.3, 0.4) is 0 Å². The summed E-state index contributed by atoms with van der Waals surface area (Å²) in [5.41, 5.74) is 2.97. The van der Waals surface area contributed by atoms with Crippen LogP contribution in [-0.4, -0.2) is 16.0 Å². The van der Waals surface area contributed by atoms with Gasteiger partial charge in [0.2, 0.25) is 0 Å². The molecular weight excluding hydrogens is 432 g/mol. The number of pyridine rings is 1. The van der Waals surface area contributed by atoms with E-state index in [0.29, 0.717) is 29.0 Å². The molecule has 2 heterocycles. The minimum Gasteiger partial charge on any atom is -0.423 e. The van der Waals surface area contributed by atoms with Gasteiger partial charge in [0.15, 0.2) is 5.58 Å². The van der Waals surface area contributed by atoms with Crippen LogP contribution in [0, 0.1) is 17.6 Å². The molecular formula is C25H24ClF2N3O. The minimum atomic E-state index is -0.506. The quantitative estimate of drug-likeness (QED) is 0.339. The van der Waals surface area contributed by atoms with Gasteiger partial charge in [0.25, 0.3) is 6.01 Å². The third-order valence-corrected chi connectivity index (χ3v) is 6.80. The van der Waals surface area contributed by atoms with Gasteiger partial charge in [-0.1, -0.05) is 11.6 Å². The first-order chi connectivity index (χ1) is 15.5. The third kappa shape index (κ3) is 4.29. The molecule has 0 bridgehead atoms. The molecule has 1 fully saturated rings. The summed E-state index contributed by atoms with van der Waals surface area (Å²) in [5, 5.41) is 4.25. The monoisotopic (exact) mass is 455 g/mol. The Bertz CT molecular complexity index is 1230. The van der Waals surface area contributed by atoms with E-state index in [-0.39, 0.29) is 16.9 Å². The Morgan fingerprint density at radius 3 is 2.72 bits per heavy atom. The molecule has 0 unspecified atom stereocenters. The van der Waals surface area contributed by atoms with E-state index in [9.17, 15) is 8.78 Å². The average Bonchev–Trinajstić information content (AvgIpc) is 3.14. The van der Waals surface area contributed by atoms with Crippen LogP contribution in [0.2, 0.25) is 5.02 Å². The zero-order valence-corrected chi connectivity index (χ0v) is 18.5. The Morgan fingerprint density at radius 2 is 1.91 bits per heavy atom. The first-order valence-electron chi connectivity index (χ1n) is 11.0. The molecule has 1 saturated carbocycles. The van der Waals surface area contributed by atoms with Crippen LogP contribution in [-0.2, 0) is 0 Å². The smallest absolute Gasteiger partial charge is 0.295 e. The van der Waals surface area contributed by atoms with Gasteiger partial charge in [-0.25, -0.2) is 8.78 Å². The number of nitrogens with zero attached hydrogens (tertiary/aromatic N) is 2. The number of aromatic nitrogens is 2. The number of hydrogen-bond acceptors (Lipinski definition) is 4. The molecule has 5 rings (SSSR count). The predicted molar refractivity (Wildman–Crippen MR) is 123 cm³/mol. The van der Waals surface area contributed by atoms with Crippen LogP contribution >= 0.6 is 11.6 Å². The number of anilines is 1. The molecule has 1 aliphatic carbocycles. The normalized spacial score (nSPS) is 20.0. The predicted octanol–water partition coefficient (Wildman–Crippen LogP) is 7.47. The Hall–Kier alpha value is -2.73. The van der Waals surface area contributed by atoms with Crippen LogP contribution in [0.15, 0.2) is 47.0 Å². The lowest BCUT2D eigenvalue weighted by Gasteiger charge is -2.31. The summed E-state index contributed by atoms with van der Waals surface area (Å²) in [6, 6.07) is 10.1. The number of hydrogen-bond donors (Lipinski definition) is 1. The van der Waals surface area contributed by atoms with Gasteiger partial charge in [-0.05, 0) is 80.7 Å². The van der Waals surface area contributed by atoms with E-state index in [1.807, 2.05) is 12.3 Å². The Balaban J connectivity index is 1.20. The lowest BCUT2D eigenvalue weighted by Crippen LogP contribution is -2.23. The highest BCUT2D eigenvalue weighted by Gasteiger charge is 2.25. The van der Waals surface area contributed by atoms with Crippen molar-refractivity contribution in [3.63, 3.8) is 0 Å². The van der Waals surface area contributed by atoms with Crippen LogP contribution < -0.4 is 5.32 Å². The molecule has 4 nitrogen and oxygen atoms in total. The van der Waals surface area contributed by atoms with Gasteiger partial charge in [-0.2, -0.15) is 4.98 Å². The van der Waals surface area contributed by atoms with Crippen molar-refractivity contribution in [1.82, 2.24) is 9.97 Å². The van der Waals surface area contributed by atoms with Gasteiger partial charge >= 0.3 is 0 Å². The van der Waals surface area contributed by atoms with Crippen molar-refractivity contribution < 1.29 is 13.2 Å². The summed E-state index contributed by atoms with van der Waals surface area (Å²) < 4.78 is 33.1. The Kier molecular flexibility index (Phi) is 5.72. The van der Waals surface area contributed by atoms with E-state index in [2.05, 4.69) is 22.2 Å². The first kappa shape index (κ1) is 21.1. The summed E-state index contributed by atoms with van der Waals surface area (Å²) >= 11 is 5.82. The van der Waals surface area contributed by atoms with E-state index >= 15 is 0 Å². The van der Waals surface area contributed by atoms with Crippen LogP contribution in [0.5, 0.6) is 0 Å². The highest BCUT2D eigenvalue weighted by Crippen LogP contribution is 2.40. The summed E-state index contributed by atoms with van der Waals surface area (Å²) in [4.78, 5) is 8.70. The van der Waals surface area contributed by atoms with E-state index in [4.69, 9.17) is 16.0 Å². The van der Waals surface area contributed by atoms with Crippen molar-refractivity contribution in [2.75, 3.05) is 5.32 Å². The second-order valence-electron chi connectivity index (χ2n) is 8.81. The maximum absolute atomic E-state index is 13.8. The number of nitrogens with one attached hydrogen (secondary N) is 1. The molecule has 0 amide bonds.